The maximum atomic E-state index is 12.4. The third-order valence-corrected chi connectivity index (χ3v) is 4.53. The molecule has 0 aliphatic carbocycles. The van der Waals surface area contributed by atoms with Crippen LogP contribution in [0.1, 0.15) is 5.56 Å². The van der Waals surface area contributed by atoms with Gasteiger partial charge in [0.1, 0.15) is 0 Å². The summed E-state index contributed by atoms with van der Waals surface area (Å²) in [6, 6.07) is 13.5. The standard InChI is InChI=1S/C15H18N2O3S/c1-17(2)14-8-5-7-13(10-14)16-21(19,20)15-9-4-3-6-12(15)11-18/h3-10,16,18H,11H2,1-2H3. The van der Waals surface area contributed by atoms with Crippen molar-refractivity contribution >= 4 is 21.4 Å². The average molecular weight is 306 g/mol. The average Bonchev–Trinajstić information content (AvgIpc) is 2.47. The summed E-state index contributed by atoms with van der Waals surface area (Å²) in [4.78, 5) is 1.97. The zero-order chi connectivity index (χ0) is 15.5. The first-order valence-corrected chi connectivity index (χ1v) is 7.91. The molecule has 2 rings (SSSR count). The normalized spacial score (nSPS) is 11.2. The number of aliphatic hydroxyl groups excluding tert-OH is 1. The highest BCUT2D eigenvalue weighted by molar-refractivity contribution is 7.92. The summed E-state index contributed by atoms with van der Waals surface area (Å²) in [5.41, 5.74) is 1.74. The molecule has 5 nitrogen and oxygen atoms in total. The minimum Gasteiger partial charge on any atom is -0.392 e. The van der Waals surface area contributed by atoms with Crippen LogP contribution in [0.15, 0.2) is 53.4 Å². The molecule has 2 aromatic carbocycles. The van der Waals surface area contributed by atoms with Gasteiger partial charge in [0.05, 0.1) is 17.2 Å². The van der Waals surface area contributed by atoms with Crippen molar-refractivity contribution in [2.45, 2.75) is 11.5 Å². The number of rotatable bonds is 5. The summed E-state index contributed by atoms with van der Waals surface area (Å²) >= 11 is 0. The molecule has 0 aromatic heterocycles. The Morgan fingerprint density at radius 2 is 1.81 bits per heavy atom. The van der Waals surface area contributed by atoms with Gasteiger partial charge in [0.2, 0.25) is 0 Å². The fourth-order valence-corrected chi connectivity index (χ4v) is 3.24. The fourth-order valence-electron chi connectivity index (χ4n) is 1.95. The van der Waals surface area contributed by atoms with E-state index in [0.29, 0.717) is 11.3 Å². The van der Waals surface area contributed by atoms with E-state index in [1.807, 2.05) is 25.1 Å². The van der Waals surface area contributed by atoms with E-state index in [4.69, 9.17) is 0 Å². The Balaban J connectivity index is 2.35. The van der Waals surface area contributed by atoms with Gasteiger partial charge in [0.15, 0.2) is 0 Å². The monoisotopic (exact) mass is 306 g/mol. The van der Waals surface area contributed by atoms with Crippen molar-refractivity contribution in [3.63, 3.8) is 0 Å². The number of anilines is 2. The smallest absolute Gasteiger partial charge is 0.262 e. The molecule has 0 spiro atoms. The molecule has 0 aliphatic rings. The van der Waals surface area contributed by atoms with Crippen LogP contribution in [0.4, 0.5) is 11.4 Å². The van der Waals surface area contributed by atoms with Gasteiger partial charge in [-0.25, -0.2) is 8.42 Å². The van der Waals surface area contributed by atoms with Crippen molar-refractivity contribution in [1.82, 2.24) is 0 Å². The minimum atomic E-state index is -3.73. The largest absolute Gasteiger partial charge is 0.392 e. The summed E-state index contributed by atoms with van der Waals surface area (Å²) in [5, 5.41) is 9.27. The van der Waals surface area contributed by atoms with E-state index in [-0.39, 0.29) is 11.5 Å². The van der Waals surface area contributed by atoms with Gasteiger partial charge in [-0.1, -0.05) is 24.3 Å². The Morgan fingerprint density at radius 1 is 1.10 bits per heavy atom. The first-order chi connectivity index (χ1) is 9.94. The van der Waals surface area contributed by atoms with Crippen molar-refractivity contribution in [3.05, 3.63) is 54.1 Å². The van der Waals surface area contributed by atoms with E-state index in [0.717, 1.165) is 5.69 Å². The topological polar surface area (TPSA) is 69.6 Å². The van der Waals surface area contributed by atoms with Crippen LogP contribution in [0.2, 0.25) is 0 Å². The highest BCUT2D eigenvalue weighted by Crippen LogP contribution is 2.22. The van der Waals surface area contributed by atoms with Crippen molar-refractivity contribution < 1.29 is 13.5 Å². The number of nitrogens with one attached hydrogen (secondary N) is 1. The predicted octanol–water partition coefficient (Wildman–Crippen LogP) is 2.05. The fraction of sp³-hybridized carbons (Fsp3) is 0.200. The summed E-state index contributed by atoms with van der Waals surface area (Å²) in [7, 11) is 0.0401. The van der Waals surface area contributed by atoms with Gasteiger partial charge in [-0.2, -0.15) is 0 Å². The molecule has 0 aliphatic heterocycles. The third-order valence-electron chi connectivity index (χ3n) is 3.05. The molecule has 0 fully saturated rings. The molecule has 6 heteroatoms. The zero-order valence-corrected chi connectivity index (χ0v) is 12.8. The van der Waals surface area contributed by atoms with Gasteiger partial charge in [0, 0.05) is 19.8 Å². The van der Waals surface area contributed by atoms with Crippen molar-refractivity contribution in [1.29, 1.82) is 0 Å². The van der Waals surface area contributed by atoms with Gasteiger partial charge >= 0.3 is 0 Å². The van der Waals surface area contributed by atoms with Gasteiger partial charge in [-0.3, -0.25) is 4.72 Å². The van der Waals surface area contributed by atoms with Crippen LogP contribution < -0.4 is 9.62 Å². The molecule has 2 N–H and O–H groups in total. The molecule has 0 atom stereocenters. The Hall–Kier alpha value is -2.05. The van der Waals surface area contributed by atoms with Crippen molar-refractivity contribution in [2.75, 3.05) is 23.7 Å². The van der Waals surface area contributed by atoms with Gasteiger partial charge in [-0.05, 0) is 29.8 Å². The zero-order valence-electron chi connectivity index (χ0n) is 11.9. The van der Waals surface area contributed by atoms with Crippen LogP contribution in [0.3, 0.4) is 0 Å². The van der Waals surface area contributed by atoms with Crippen molar-refractivity contribution in [2.24, 2.45) is 0 Å². The molecule has 0 heterocycles. The summed E-state index contributed by atoms with van der Waals surface area (Å²) < 4.78 is 27.4. The molecule has 0 radical (unpaired) electrons. The Kier molecular flexibility index (Phi) is 4.50. The van der Waals surface area contributed by atoms with Crippen LogP contribution in [0.25, 0.3) is 0 Å². The van der Waals surface area contributed by atoms with Crippen LogP contribution >= 0.6 is 0 Å². The molecule has 0 bridgehead atoms. The predicted molar refractivity (Wildman–Crippen MR) is 83.9 cm³/mol. The Labute approximate surface area is 124 Å². The van der Waals surface area contributed by atoms with Crippen LogP contribution in [0.5, 0.6) is 0 Å². The molecule has 0 unspecified atom stereocenters. The van der Waals surface area contributed by atoms with Gasteiger partial charge in [-0.15, -0.1) is 0 Å². The number of nitrogens with zero attached hydrogens (tertiary/aromatic N) is 1. The molecule has 0 saturated heterocycles. The quantitative estimate of drug-likeness (QED) is 0.887. The SMILES string of the molecule is CN(C)c1cccc(NS(=O)(=O)c2ccccc2CO)c1. The van der Waals surface area contributed by atoms with E-state index >= 15 is 0 Å². The van der Waals surface area contributed by atoms with Crippen LogP contribution in [-0.4, -0.2) is 27.6 Å². The molecular weight excluding hydrogens is 288 g/mol. The lowest BCUT2D eigenvalue weighted by Crippen LogP contribution is -2.15. The summed E-state index contributed by atoms with van der Waals surface area (Å²) in [5.74, 6) is 0. The van der Waals surface area contributed by atoms with Gasteiger partial charge < -0.3 is 10.0 Å². The first kappa shape index (κ1) is 15.3. The molecular formula is C15H18N2O3S. The summed E-state index contributed by atoms with van der Waals surface area (Å²) in [6.45, 7) is -0.325. The first-order valence-electron chi connectivity index (χ1n) is 6.43. The maximum Gasteiger partial charge on any atom is 0.262 e. The molecule has 0 saturated carbocycles. The van der Waals surface area contributed by atoms with Gasteiger partial charge in [0.25, 0.3) is 10.0 Å². The molecule has 21 heavy (non-hydrogen) atoms. The lowest BCUT2D eigenvalue weighted by atomic mass is 10.2. The lowest BCUT2D eigenvalue weighted by Gasteiger charge is -2.15. The van der Waals surface area contributed by atoms with E-state index in [1.54, 1.807) is 36.4 Å². The van der Waals surface area contributed by atoms with E-state index in [1.165, 1.54) is 6.07 Å². The summed E-state index contributed by atoms with van der Waals surface area (Å²) in [6.07, 6.45) is 0. The Morgan fingerprint density at radius 3 is 2.48 bits per heavy atom. The highest BCUT2D eigenvalue weighted by Gasteiger charge is 2.17. The number of benzene rings is 2. The van der Waals surface area contributed by atoms with E-state index < -0.39 is 10.0 Å². The number of hydrogen-bond acceptors (Lipinski definition) is 4. The molecule has 112 valence electrons. The lowest BCUT2D eigenvalue weighted by molar-refractivity contribution is 0.278. The second kappa shape index (κ2) is 6.15. The van der Waals surface area contributed by atoms with Crippen LogP contribution in [-0.2, 0) is 16.6 Å². The molecule has 2 aromatic rings. The second-order valence-corrected chi connectivity index (χ2v) is 6.47. The minimum absolute atomic E-state index is 0.0859. The van der Waals surface area contributed by atoms with E-state index in [2.05, 4.69) is 4.72 Å². The van der Waals surface area contributed by atoms with E-state index in [9.17, 15) is 13.5 Å². The number of sulfonamides is 1. The molecule has 0 amide bonds. The Bertz CT molecular complexity index is 727. The van der Waals surface area contributed by atoms with Crippen LogP contribution in [0, 0.1) is 0 Å². The van der Waals surface area contributed by atoms with Crippen molar-refractivity contribution in [3.8, 4) is 0 Å². The third kappa shape index (κ3) is 3.53. The maximum absolute atomic E-state index is 12.4. The highest BCUT2D eigenvalue weighted by atomic mass is 32.2. The number of aliphatic hydroxyl groups is 1. The number of hydrogen-bond donors (Lipinski definition) is 2. The second-order valence-electron chi connectivity index (χ2n) is 4.82.